The number of hydrogen-bond acceptors (Lipinski definition) is 2. The highest BCUT2D eigenvalue weighted by atomic mass is 35.5. The van der Waals surface area contributed by atoms with Crippen LogP contribution in [0.15, 0.2) is 18.2 Å². The summed E-state index contributed by atoms with van der Waals surface area (Å²) >= 11 is 5.72. The predicted molar refractivity (Wildman–Crippen MR) is 64.3 cm³/mol. The molecule has 0 aliphatic heterocycles. The third kappa shape index (κ3) is 3.74. The zero-order valence-corrected chi connectivity index (χ0v) is 10.4. The van der Waals surface area contributed by atoms with Crippen LogP contribution in [0.2, 0.25) is 5.02 Å². The molecule has 0 heterocycles. The molecule has 1 atom stereocenters. The van der Waals surface area contributed by atoms with E-state index in [0.717, 1.165) is 13.0 Å². The summed E-state index contributed by atoms with van der Waals surface area (Å²) in [4.78, 5) is 0. The molecule has 0 aromatic heterocycles. The third-order valence-electron chi connectivity index (χ3n) is 2.40. The summed E-state index contributed by atoms with van der Waals surface area (Å²) in [6.45, 7) is 3.38. The van der Waals surface area contributed by atoms with Gasteiger partial charge in [-0.25, -0.2) is 4.39 Å². The maximum absolute atomic E-state index is 13.7. The highest BCUT2D eigenvalue weighted by Gasteiger charge is 2.14. The summed E-state index contributed by atoms with van der Waals surface area (Å²) in [6, 6.07) is 4.74. The smallest absolute Gasteiger partial charge is 0.129 e. The van der Waals surface area contributed by atoms with E-state index in [0.29, 0.717) is 17.2 Å². The summed E-state index contributed by atoms with van der Waals surface area (Å²) in [5.74, 6) is -0.269. The second-order valence-electron chi connectivity index (χ2n) is 3.56. The van der Waals surface area contributed by atoms with Crippen molar-refractivity contribution in [1.29, 1.82) is 0 Å². The second-order valence-corrected chi connectivity index (χ2v) is 3.99. The molecule has 16 heavy (non-hydrogen) atoms. The van der Waals surface area contributed by atoms with E-state index in [4.69, 9.17) is 16.3 Å². The van der Waals surface area contributed by atoms with E-state index in [1.807, 2.05) is 6.92 Å². The lowest BCUT2D eigenvalue weighted by Crippen LogP contribution is -2.23. The normalized spacial score (nSPS) is 12.8. The van der Waals surface area contributed by atoms with Crippen molar-refractivity contribution in [2.45, 2.75) is 19.4 Å². The number of rotatable bonds is 6. The van der Waals surface area contributed by atoms with Gasteiger partial charge in [0.25, 0.3) is 0 Å². The first-order valence-corrected chi connectivity index (χ1v) is 5.74. The Bertz CT molecular complexity index is 333. The molecule has 0 radical (unpaired) electrons. The standard InChI is InChI=1S/C12H17ClFNO/c1-3-15-12(6-7-16-2)10-5-4-9(13)8-11(10)14/h4-5,8,12,15H,3,6-7H2,1-2H3. The molecule has 2 nitrogen and oxygen atoms in total. The summed E-state index contributed by atoms with van der Waals surface area (Å²) in [7, 11) is 1.64. The van der Waals surface area contributed by atoms with E-state index >= 15 is 0 Å². The number of halogens is 2. The van der Waals surface area contributed by atoms with Crippen molar-refractivity contribution in [3.05, 3.63) is 34.6 Å². The number of nitrogens with one attached hydrogen (secondary N) is 1. The largest absolute Gasteiger partial charge is 0.385 e. The van der Waals surface area contributed by atoms with Crippen LogP contribution in [0.4, 0.5) is 4.39 Å². The number of methoxy groups -OCH3 is 1. The third-order valence-corrected chi connectivity index (χ3v) is 2.63. The fraction of sp³-hybridized carbons (Fsp3) is 0.500. The van der Waals surface area contributed by atoms with Crippen LogP contribution in [0.25, 0.3) is 0 Å². The van der Waals surface area contributed by atoms with Gasteiger partial charge < -0.3 is 10.1 Å². The van der Waals surface area contributed by atoms with Gasteiger partial charge in [-0.3, -0.25) is 0 Å². The van der Waals surface area contributed by atoms with Gasteiger partial charge in [0, 0.05) is 30.3 Å². The summed E-state index contributed by atoms with van der Waals surface area (Å²) in [5, 5.41) is 3.65. The molecule has 0 aliphatic rings. The van der Waals surface area contributed by atoms with Gasteiger partial charge >= 0.3 is 0 Å². The highest BCUT2D eigenvalue weighted by Crippen LogP contribution is 2.23. The van der Waals surface area contributed by atoms with Gasteiger partial charge in [-0.1, -0.05) is 24.6 Å². The van der Waals surface area contributed by atoms with Crippen molar-refractivity contribution in [2.75, 3.05) is 20.3 Å². The molecule has 0 saturated heterocycles. The Kier molecular flexibility index (Phi) is 5.74. The van der Waals surface area contributed by atoms with Crippen LogP contribution in [-0.4, -0.2) is 20.3 Å². The molecule has 0 spiro atoms. The van der Waals surface area contributed by atoms with Crippen molar-refractivity contribution in [3.63, 3.8) is 0 Å². The Labute approximate surface area is 101 Å². The summed E-state index contributed by atoms with van der Waals surface area (Å²) < 4.78 is 18.7. The van der Waals surface area contributed by atoms with Crippen molar-refractivity contribution >= 4 is 11.6 Å². The molecule has 0 amide bonds. The first-order chi connectivity index (χ1) is 7.69. The van der Waals surface area contributed by atoms with E-state index in [-0.39, 0.29) is 11.9 Å². The fourth-order valence-corrected chi connectivity index (χ4v) is 1.79. The van der Waals surface area contributed by atoms with Crippen LogP contribution in [0.1, 0.15) is 24.9 Å². The molecule has 1 aromatic carbocycles. The van der Waals surface area contributed by atoms with Crippen molar-refractivity contribution < 1.29 is 9.13 Å². The zero-order chi connectivity index (χ0) is 12.0. The monoisotopic (exact) mass is 245 g/mol. The van der Waals surface area contributed by atoms with E-state index in [1.165, 1.54) is 6.07 Å². The topological polar surface area (TPSA) is 21.3 Å². The van der Waals surface area contributed by atoms with E-state index in [9.17, 15) is 4.39 Å². The van der Waals surface area contributed by atoms with Gasteiger partial charge in [0.15, 0.2) is 0 Å². The van der Waals surface area contributed by atoms with E-state index < -0.39 is 0 Å². The number of benzene rings is 1. The van der Waals surface area contributed by atoms with Crippen molar-refractivity contribution in [1.82, 2.24) is 5.32 Å². The molecule has 0 saturated carbocycles. The van der Waals surface area contributed by atoms with Gasteiger partial charge in [-0.15, -0.1) is 0 Å². The molecule has 0 bridgehead atoms. The number of hydrogen-bond donors (Lipinski definition) is 1. The molecule has 4 heteroatoms. The van der Waals surface area contributed by atoms with Gasteiger partial charge in [-0.05, 0) is 25.1 Å². The average molecular weight is 246 g/mol. The van der Waals surface area contributed by atoms with Gasteiger partial charge in [0.1, 0.15) is 5.82 Å². The Morgan fingerprint density at radius 1 is 1.50 bits per heavy atom. The van der Waals surface area contributed by atoms with Crippen LogP contribution in [0.3, 0.4) is 0 Å². The lowest BCUT2D eigenvalue weighted by molar-refractivity contribution is 0.182. The van der Waals surface area contributed by atoms with Gasteiger partial charge in [0.2, 0.25) is 0 Å². The first-order valence-electron chi connectivity index (χ1n) is 5.36. The molecular weight excluding hydrogens is 229 g/mol. The zero-order valence-electron chi connectivity index (χ0n) is 9.59. The maximum atomic E-state index is 13.7. The molecule has 0 aliphatic carbocycles. The SMILES string of the molecule is CCNC(CCOC)c1ccc(Cl)cc1F. The van der Waals surface area contributed by atoms with E-state index in [1.54, 1.807) is 19.2 Å². The van der Waals surface area contributed by atoms with Crippen LogP contribution in [-0.2, 0) is 4.74 Å². The Balaban J connectivity index is 2.82. The maximum Gasteiger partial charge on any atom is 0.129 e. The summed E-state index contributed by atoms with van der Waals surface area (Å²) in [6.07, 6.45) is 0.739. The van der Waals surface area contributed by atoms with Crippen LogP contribution in [0, 0.1) is 5.82 Å². The van der Waals surface area contributed by atoms with E-state index in [2.05, 4.69) is 5.32 Å². The molecule has 1 unspecified atom stereocenters. The quantitative estimate of drug-likeness (QED) is 0.831. The minimum atomic E-state index is -0.269. The molecular formula is C12H17ClFNO. The average Bonchev–Trinajstić information content (AvgIpc) is 2.25. The summed E-state index contributed by atoms with van der Waals surface area (Å²) in [5.41, 5.74) is 0.642. The Hall–Kier alpha value is -0.640. The van der Waals surface area contributed by atoms with Crippen LogP contribution < -0.4 is 5.32 Å². The first kappa shape index (κ1) is 13.4. The van der Waals surface area contributed by atoms with Gasteiger partial charge in [-0.2, -0.15) is 0 Å². The van der Waals surface area contributed by atoms with Crippen molar-refractivity contribution in [3.8, 4) is 0 Å². The molecule has 90 valence electrons. The minimum absolute atomic E-state index is 0.0257. The molecule has 1 aromatic rings. The molecule has 1 N–H and O–H groups in total. The minimum Gasteiger partial charge on any atom is -0.385 e. The fourth-order valence-electron chi connectivity index (χ4n) is 1.63. The van der Waals surface area contributed by atoms with Crippen LogP contribution in [0.5, 0.6) is 0 Å². The molecule has 1 rings (SSSR count). The highest BCUT2D eigenvalue weighted by molar-refractivity contribution is 6.30. The van der Waals surface area contributed by atoms with Crippen molar-refractivity contribution in [2.24, 2.45) is 0 Å². The lowest BCUT2D eigenvalue weighted by atomic mass is 10.0. The second kappa shape index (κ2) is 6.84. The Morgan fingerprint density at radius 2 is 2.25 bits per heavy atom. The predicted octanol–water partition coefficient (Wildman–Crippen LogP) is 3.17. The lowest BCUT2D eigenvalue weighted by Gasteiger charge is -2.18. The number of ether oxygens (including phenoxy) is 1. The Morgan fingerprint density at radius 3 is 2.81 bits per heavy atom. The van der Waals surface area contributed by atoms with Gasteiger partial charge in [0.05, 0.1) is 0 Å². The molecule has 0 fully saturated rings. The van der Waals surface area contributed by atoms with Crippen LogP contribution >= 0.6 is 11.6 Å².